The van der Waals surface area contributed by atoms with E-state index in [1.54, 1.807) is 23.9 Å². The second-order valence-electron chi connectivity index (χ2n) is 2.71. The van der Waals surface area contributed by atoms with E-state index in [4.69, 9.17) is 5.73 Å². The molecule has 0 aromatic heterocycles. The second-order valence-corrected chi connectivity index (χ2v) is 4.04. The maximum absolute atomic E-state index is 13.1. The molecular formula is C10H14FNS. The minimum atomic E-state index is -1.03. The molecular weight excluding hydrogens is 185 g/mol. The fraction of sp³-hybridized carbons (Fsp3) is 0.400. The van der Waals surface area contributed by atoms with Crippen LogP contribution in [0.1, 0.15) is 18.7 Å². The van der Waals surface area contributed by atoms with Crippen molar-refractivity contribution in [2.24, 2.45) is 5.73 Å². The second kappa shape index (κ2) is 5.25. The molecule has 1 aromatic rings. The monoisotopic (exact) mass is 199 g/mol. The Kier molecular flexibility index (Phi) is 4.25. The summed E-state index contributed by atoms with van der Waals surface area (Å²) in [4.78, 5) is 1.18. The quantitative estimate of drug-likeness (QED) is 0.755. The van der Waals surface area contributed by atoms with Gasteiger partial charge in [-0.3, -0.25) is 0 Å². The van der Waals surface area contributed by atoms with Crippen LogP contribution in [0.3, 0.4) is 0 Å². The fourth-order valence-corrected chi connectivity index (χ4v) is 1.74. The van der Waals surface area contributed by atoms with Gasteiger partial charge < -0.3 is 5.73 Å². The van der Waals surface area contributed by atoms with Crippen molar-refractivity contribution in [3.63, 3.8) is 0 Å². The fourth-order valence-electron chi connectivity index (χ4n) is 1.08. The Morgan fingerprint density at radius 2 is 2.00 bits per heavy atom. The molecule has 0 spiro atoms. The number of benzene rings is 1. The van der Waals surface area contributed by atoms with Gasteiger partial charge in [-0.25, -0.2) is 4.39 Å². The highest BCUT2D eigenvalue weighted by Gasteiger charge is 2.05. The molecule has 72 valence electrons. The first-order chi connectivity index (χ1) is 6.27. The first kappa shape index (κ1) is 10.5. The number of hydrogen-bond acceptors (Lipinski definition) is 2. The van der Waals surface area contributed by atoms with Gasteiger partial charge in [0.05, 0.1) is 0 Å². The van der Waals surface area contributed by atoms with Gasteiger partial charge in [-0.2, -0.15) is 0 Å². The van der Waals surface area contributed by atoms with E-state index in [1.165, 1.54) is 4.90 Å². The number of rotatable bonds is 4. The minimum absolute atomic E-state index is 0.0558. The Balaban J connectivity index is 2.69. The molecule has 0 aliphatic carbocycles. The highest BCUT2D eigenvalue weighted by molar-refractivity contribution is 7.99. The predicted octanol–water partition coefficient (Wildman–Crippen LogP) is 2.77. The molecule has 1 unspecified atom stereocenters. The van der Waals surface area contributed by atoms with Crippen LogP contribution in [-0.4, -0.2) is 12.3 Å². The molecule has 0 bridgehead atoms. The van der Waals surface area contributed by atoms with Crippen LogP contribution in [-0.2, 0) is 0 Å². The third-order valence-electron chi connectivity index (χ3n) is 1.76. The summed E-state index contributed by atoms with van der Waals surface area (Å²) in [6.07, 6.45) is -1.03. The minimum Gasteiger partial charge on any atom is -0.327 e. The average Bonchev–Trinajstić information content (AvgIpc) is 2.18. The molecule has 0 fully saturated rings. The summed E-state index contributed by atoms with van der Waals surface area (Å²) in [6, 6.07) is 7.47. The van der Waals surface area contributed by atoms with Crippen molar-refractivity contribution in [2.75, 3.05) is 12.3 Å². The number of hydrogen-bond donors (Lipinski definition) is 1. The van der Waals surface area contributed by atoms with E-state index in [1.807, 2.05) is 12.1 Å². The van der Waals surface area contributed by atoms with Crippen molar-refractivity contribution in [3.05, 3.63) is 29.8 Å². The average molecular weight is 199 g/mol. The zero-order valence-electron chi connectivity index (χ0n) is 7.66. The summed E-state index contributed by atoms with van der Waals surface area (Å²) in [7, 11) is 0. The van der Waals surface area contributed by atoms with Gasteiger partial charge in [0.1, 0.15) is 6.17 Å². The van der Waals surface area contributed by atoms with E-state index in [2.05, 4.69) is 6.92 Å². The maximum atomic E-state index is 13.1. The smallest absolute Gasteiger partial charge is 0.137 e. The Bertz CT molecular complexity index is 248. The van der Waals surface area contributed by atoms with Crippen LogP contribution < -0.4 is 5.73 Å². The van der Waals surface area contributed by atoms with Gasteiger partial charge in [-0.1, -0.05) is 19.1 Å². The van der Waals surface area contributed by atoms with Gasteiger partial charge in [0.15, 0.2) is 0 Å². The first-order valence-corrected chi connectivity index (χ1v) is 5.33. The summed E-state index contributed by atoms with van der Waals surface area (Å²) in [5, 5.41) is 0. The topological polar surface area (TPSA) is 26.0 Å². The SMILES string of the molecule is CCSc1ccc(C(F)CN)cc1. The standard InChI is InChI=1S/C10H14FNS/c1-2-13-9-5-3-8(4-6-9)10(11)7-12/h3-6,10H,2,7,12H2,1H3. The van der Waals surface area contributed by atoms with Crippen LogP contribution >= 0.6 is 11.8 Å². The third-order valence-corrected chi connectivity index (χ3v) is 2.65. The largest absolute Gasteiger partial charge is 0.327 e. The number of nitrogens with two attached hydrogens (primary N) is 1. The van der Waals surface area contributed by atoms with Crippen molar-refractivity contribution in [1.29, 1.82) is 0 Å². The molecule has 1 aromatic carbocycles. The summed E-state index contributed by atoms with van der Waals surface area (Å²) in [5.74, 6) is 1.04. The molecule has 2 N–H and O–H groups in total. The highest BCUT2D eigenvalue weighted by Crippen LogP contribution is 2.21. The third kappa shape index (κ3) is 3.01. The van der Waals surface area contributed by atoms with Crippen molar-refractivity contribution >= 4 is 11.8 Å². The lowest BCUT2D eigenvalue weighted by Gasteiger charge is -2.05. The molecule has 1 nitrogen and oxygen atoms in total. The van der Waals surface area contributed by atoms with Gasteiger partial charge in [0.2, 0.25) is 0 Å². The van der Waals surface area contributed by atoms with Crippen LogP contribution in [0.25, 0.3) is 0 Å². The van der Waals surface area contributed by atoms with Crippen LogP contribution in [0.5, 0.6) is 0 Å². The van der Waals surface area contributed by atoms with Crippen molar-refractivity contribution in [1.82, 2.24) is 0 Å². The molecule has 0 saturated carbocycles. The summed E-state index contributed by atoms with van der Waals surface area (Å²) in [6.45, 7) is 2.15. The van der Waals surface area contributed by atoms with Gasteiger partial charge >= 0.3 is 0 Å². The molecule has 3 heteroatoms. The van der Waals surface area contributed by atoms with Gasteiger partial charge in [-0.05, 0) is 23.4 Å². The van der Waals surface area contributed by atoms with E-state index in [9.17, 15) is 4.39 Å². The summed E-state index contributed by atoms with van der Waals surface area (Å²) >= 11 is 1.75. The molecule has 13 heavy (non-hydrogen) atoms. The summed E-state index contributed by atoms with van der Waals surface area (Å²) in [5.41, 5.74) is 5.89. The molecule has 0 radical (unpaired) electrons. The molecule has 0 saturated heterocycles. The Hall–Kier alpha value is -0.540. The Labute approximate surface area is 82.5 Å². The molecule has 0 amide bonds. The molecule has 0 aliphatic heterocycles. The van der Waals surface area contributed by atoms with E-state index in [0.717, 1.165) is 5.75 Å². The van der Waals surface area contributed by atoms with Crippen LogP contribution in [0.2, 0.25) is 0 Å². The number of alkyl halides is 1. The zero-order valence-corrected chi connectivity index (χ0v) is 8.48. The van der Waals surface area contributed by atoms with E-state index < -0.39 is 6.17 Å². The maximum Gasteiger partial charge on any atom is 0.137 e. The van der Waals surface area contributed by atoms with Gasteiger partial charge in [0, 0.05) is 11.4 Å². The molecule has 0 aliphatic rings. The lowest BCUT2D eigenvalue weighted by Crippen LogP contribution is -2.07. The number of halogens is 1. The molecule has 0 heterocycles. The van der Waals surface area contributed by atoms with E-state index in [-0.39, 0.29) is 6.54 Å². The van der Waals surface area contributed by atoms with E-state index in [0.29, 0.717) is 5.56 Å². The van der Waals surface area contributed by atoms with Crippen molar-refractivity contribution in [2.45, 2.75) is 18.0 Å². The Morgan fingerprint density at radius 3 is 2.46 bits per heavy atom. The molecule has 1 atom stereocenters. The predicted molar refractivity (Wildman–Crippen MR) is 55.7 cm³/mol. The van der Waals surface area contributed by atoms with Gasteiger partial charge in [0.25, 0.3) is 0 Å². The molecule has 1 rings (SSSR count). The number of thioether (sulfide) groups is 1. The zero-order chi connectivity index (χ0) is 9.68. The van der Waals surface area contributed by atoms with Crippen molar-refractivity contribution in [3.8, 4) is 0 Å². The lowest BCUT2D eigenvalue weighted by atomic mass is 10.1. The van der Waals surface area contributed by atoms with E-state index >= 15 is 0 Å². The van der Waals surface area contributed by atoms with Crippen molar-refractivity contribution < 1.29 is 4.39 Å². The van der Waals surface area contributed by atoms with Crippen LogP contribution in [0, 0.1) is 0 Å². The lowest BCUT2D eigenvalue weighted by molar-refractivity contribution is 0.353. The normalized spacial score (nSPS) is 12.8. The Morgan fingerprint density at radius 1 is 1.38 bits per heavy atom. The van der Waals surface area contributed by atoms with Crippen LogP contribution in [0.15, 0.2) is 29.2 Å². The first-order valence-electron chi connectivity index (χ1n) is 4.34. The van der Waals surface area contributed by atoms with Crippen LogP contribution in [0.4, 0.5) is 4.39 Å². The summed E-state index contributed by atoms with van der Waals surface area (Å²) < 4.78 is 13.1. The van der Waals surface area contributed by atoms with Gasteiger partial charge in [-0.15, -0.1) is 11.8 Å². The highest BCUT2D eigenvalue weighted by atomic mass is 32.2.